The molecule has 9 nitrogen and oxygen atoms in total. The summed E-state index contributed by atoms with van der Waals surface area (Å²) >= 11 is 0. The molecule has 5 rings (SSSR count). The number of nitrogens with zero attached hydrogens (tertiary/aromatic N) is 5. The van der Waals surface area contributed by atoms with Gasteiger partial charge in [0.05, 0.1) is 23.7 Å². The lowest BCUT2D eigenvalue weighted by Gasteiger charge is -2.37. The van der Waals surface area contributed by atoms with Crippen LogP contribution in [0.4, 0.5) is 13.2 Å². The van der Waals surface area contributed by atoms with E-state index in [0.29, 0.717) is 68.8 Å². The molecule has 0 radical (unpaired) electrons. The number of hydrogen-bond donors (Lipinski definition) is 1. The van der Waals surface area contributed by atoms with Crippen LogP contribution in [0.1, 0.15) is 42.5 Å². The molecule has 2 unspecified atom stereocenters. The fourth-order valence-corrected chi connectivity index (χ4v) is 7.10. The zero-order valence-corrected chi connectivity index (χ0v) is 21.4. The average Bonchev–Trinajstić information content (AvgIpc) is 3.42. The van der Waals surface area contributed by atoms with Gasteiger partial charge in [0.2, 0.25) is 18.1 Å². The van der Waals surface area contributed by atoms with Gasteiger partial charge in [0.15, 0.2) is 0 Å². The van der Waals surface area contributed by atoms with Crippen molar-refractivity contribution in [2.75, 3.05) is 40.0 Å². The highest BCUT2D eigenvalue weighted by Crippen LogP contribution is 2.54. The van der Waals surface area contributed by atoms with Crippen molar-refractivity contribution in [3.63, 3.8) is 0 Å². The number of fused-ring (bicyclic) bond motifs is 2. The predicted octanol–water partition coefficient (Wildman–Crippen LogP) is 2.55. The molecule has 5 atom stereocenters. The molecule has 3 aliphatic heterocycles. The quantitative estimate of drug-likeness (QED) is 0.358. The van der Waals surface area contributed by atoms with E-state index in [1.54, 1.807) is 23.1 Å². The first-order valence-corrected chi connectivity index (χ1v) is 13.1. The molecule has 0 aromatic carbocycles. The number of hydrogen-bond acceptors (Lipinski definition) is 6. The van der Waals surface area contributed by atoms with Crippen LogP contribution < -0.4 is 5.73 Å². The number of alkyl halides is 3. The van der Waals surface area contributed by atoms with Crippen molar-refractivity contribution in [1.29, 1.82) is 5.26 Å². The molecule has 1 aromatic rings. The maximum absolute atomic E-state index is 14.2. The minimum atomic E-state index is -4.50. The summed E-state index contributed by atoms with van der Waals surface area (Å²) in [5.74, 6) is 0.693. The number of rotatable bonds is 4. The van der Waals surface area contributed by atoms with Gasteiger partial charge < -0.3 is 25.0 Å². The van der Waals surface area contributed by atoms with Crippen LogP contribution in [-0.4, -0.2) is 72.7 Å². The van der Waals surface area contributed by atoms with Gasteiger partial charge >= 0.3 is 6.18 Å². The van der Waals surface area contributed by atoms with Crippen LogP contribution >= 0.6 is 0 Å². The lowest BCUT2D eigenvalue weighted by Crippen LogP contribution is -2.49. The highest BCUT2D eigenvalue weighted by molar-refractivity contribution is 5.87. The van der Waals surface area contributed by atoms with Gasteiger partial charge in [0.25, 0.3) is 0 Å². The van der Waals surface area contributed by atoms with Crippen molar-refractivity contribution in [2.24, 2.45) is 33.9 Å². The van der Waals surface area contributed by atoms with E-state index >= 15 is 0 Å². The number of guanidine groups is 1. The van der Waals surface area contributed by atoms with Crippen LogP contribution in [0.5, 0.6) is 0 Å². The van der Waals surface area contributed by atoms with Gasteiger partial charge in [0.1, 0.15) is 0 Å². The number of ether oxygens (including phenoxy) is 2. The number of carbonyl (C=O) groups is 1. The van der Waals surface area contributed by atoms with Crippen molar-refractivity contribution in [1.82, 2.24) is 14.8 Å². The number of nitriles is 1. The van der Waals surface area contributed by atoms with Crippen LogP contribution in [0.2, 0.25) is 0 Å². The Hall–Kier alpha value is -2.91. The molecule has 2 N–H and O–H groups in total. The molecule has 1 amide bonds. The normalized spacial score (nSPS) is 31.6. The maximum atomic E-state index is 14.2. The highest BCUT2D eigenvalue weighted by atomic mass is 19.4. The number of halogens is 3. The fraction of sp³-hybridized carbons (Fsp3) is 0.692. The number of amides is 1. The van der Waals surface area contributed by atoms with E-state index in [0.717, 1.165) is 31.5 Å². The lowest BCUT2D eigenvalue weighted by molar-refractivity contribution is -0.144. The van der Waals surface area contributed by atoms with Gasteiger partial charge in [-0.15, -0.1) is 4.99 Å². The predicted molar refractivity (Wildman–Crippen MR) is 130 cm³/mol. The van der Waals surface area contributed by atoms with Crippen LogP contribution in [-0.2, 0) is 33.4 Å². The van der Waals surface area contributed by atoms with E-state index in [1.807, 2.05) is 0 Å². The summed E-state index contributed by atoms with van der Waals surface area (Å²) in [6.07, 6.45) is 1.85. The average molecular weight is 535 g/mol. The molecule has 1 aromatic heterocycles. The van der Waals surface area contributed by atoms with Crippen molar-refractivity contribution in [3.05, 3.63) is 29.1 Å². The first-order valence-electron chi connectivity index (χ1n) is 13.1. The molecule has 0 bridgehead atoms. The summed E-state index contributed by atoms with van der Waals surface area (Å²) in [4.78, 5) is 25.5. The first-order chi connectivity index (χ1) is 18.1. The number of aliphatic imine (C=N–C) groups is 1. The molecule has 3 fully saturated rings. The monoisotopic (exact) mass is 534 g/mol. The number of aromatic nitrogens is 1. The van der Waals surface area contributed by atoms with Crippen molar-refractivity contribution < 1.29 is 27.4 Å². The number of pyridine rings is 1. The third-order valence-electron chi connectivity index (χ3n) is 8.91. The van der Waals surface area contributed by atoms with Gasteiger partial charge in [0, 0.05) is 58.2 Å². The molecular weight excluding hydrogens is 501 g/mol. The Balaban J connectivity index is 1.38. The molecule has 4 aliphatic rings. The van der Waals surface area contributed by atoms with E-state index in [9.17, 15) is 18.0 Å². The third-order valence-corrected chi connectivity index (χ3v) is 8.91. The summed E-state index contributed by atoms with van der Waals surface area (Å²) in [7, 11) is 1.70. The first kappa shape index (κ1) is 26.7. The van der Waals surface area contributed by atoms with Gasteiger partial charge in [-0.3, -0.25) is 9.78 Å². The summed E-state index contributed by atoms with van der Waals surface area (Å²) in [5.41, 5.74) is 5.55. The molecule has 2 saturated heterocycles. The standard InChI is InChI=1S/C26H33F3N6O3/c1-37-22-13-38-5-3-17(22)6-16-7-20-12-35(24(31)33-15-30)14-25(20,9-16)23(36)34-4-2-21-18(11-34)8-19(10-32-21)26(27,28)29/h8,10,16-17,20,22H,2-7,9,11-14H2,1H3,(H2,31,33)/t16-,17?,20+,22?,25+/m1/s1. The Bertz CT molecular complexity index is 1140. The zero-order chi connectivity index (χ0) is 27.1. The topological polar surface area (TPSA) is 117 Å². The Kier molecular flexibility index (Phi) is 7.26. The zero-order valence-electron chi connectivity index (χ0n) is 21.4. The fourth-order valence-electron chi connectivity index (χ4n) is 7.10. The number of carbonyl (C=O) groups excluding carboxylic acids is 1. The van der Waals surface area contributed by atoms with Crippen LogP contribution in [0.15, 0.2) is 17.3 Å². The second-order valence-corrected chi connectivity index (χ2v) is 11.0. The smallest absolute Gasteiger partial charge is 0.379 e. The molecule has 4 heterocycles. The van der Waals surface area contributed by atoms with Gasteiger partial charge in [-0.1, -0.05) is 0 Å². The summed E-state index contributed by atoms with van der Waals surface area (Å²) in [5, 5.41) is 9.00. The number of likely N-dealkylation sites (tertiary alicyclic amines) is 1. The number of nitrogens with two attached hydrogens (primary N) is 1. The minimum Gasteiger partial charge on any atom is -0.379 e. The van der Waals surface area contributed by atoms with Crippen LogP contribution in [0.25, 0.3) is 0 Å². The molecule has 12 heteroatoms. The van der Waals surface area contributed by atoms with E-state index in [1.165, 1.54) is 0 Å². The van der Waals surface area contributed by atoms with Crippen molar-refractivity contribution in [2.45, 2.75) is 50.9 Å². The molecule has 1 aliphatic carbocycles. The molecule has 206 valence electrons. The van der Waals surface area contributed by atoms with Gasteiger partial charge in [-0.05, 0) is 55.1 Å². The molecule has 0 spiro atoms. The van der Waals surface area contributed by atoms with E-state index in [4.69, 9.17) is 20.5 Å². The van der Waals surface area contributed by atoms with Crippen molar-refractivity contribution in [3.8, 4) is 6.19 Å². The number of methoxy groups -OCH3 is 1. The summed E-state index contributed by atoms with van der Waals surface area (Å²) < 4.78 is 51.2. The van der Waals surface area contributed by atoms with E-state index in [2.05, 4.69) is 9.98 Å². The molecule has 1 saturated carbocycles. The SMILES string of the molecule is COC1COCCC1C[C@@H]1C[C@H]2CN(C(N)=NC#N)C[C@@]2(C(=O)N2CCc3ncc(C(F)(F)F)cc3C2)C1. The summed E-state index contributed by atoms with van der Waals surface area (Å²) in [6, 6.07) is 1.11. The Morgan fingerprint density at radius 3 is 2.97 bits per heavy atom. The molecule has 38 heavy (non-hydrogen) atoms. The highest BCUT2D eigenvalue weighted by Gasteiger charge is 2.59. The second-order valence-electron chi connectivity index (χ2n) is 11.0. The van der Waals surface area contributed by atoms with Gasteiger partial charge in [-0.25, -0.2) is 0 Å². The van der Waals surface area contributed by atoms with Crippen molar-refractivity contribution >= 4 is 11.9 Å². The Labute approximate surface area is 219 Å². The second kappa shape index (κ2) is 10.3. The largest absolute Gasteiger partial charge is 0.417 e. The maximum Gasteiger partial charge on any atom is 0.417 e. The third kappa shape index (κ3) is 4.94. The Morgan fingerprint density at radius 2 is 2.24 bits per heavy atom. The van der Waals surface area contributed by atoms with Crippen LogP contribution in [0, 0.1) is 34.6 Å². The lowest BCUT2D eigenvalue weighted by atomic mass is 9.78. The Morgan fingerprint density at radius 1 is 1.42 bits per heavy atom. The summed E-state index contributed by atoms with van der Waals surface area (Å²) in [6.45, 7) is 2.62. The van der Waals surface area contributed by atoms with E-state index < -0.39 is 17.2 Å². The van der Waals surface area contributed by atoms with Crippen LogP contribution in [0.3, 0.4) is 0 Å². The molecular formula is C26H33F3N6O3. The van der Waals surface area contributed by atoms with E-state index in [-0.39, 0.29) is 30.4 Å². The van der Waals surface area contributed by atoms with Gasteiger partial charge in [-0.2, -0.15) is 18.4 Å². The minimum absolute atomic E-state index is 0.00862.